The standard InChI is InChI=1S/C23H20ClNO3/c1-14-4-5-17(12-15(14)2)22(26)16-6-9-19(10-7-16)25-23(27)20-13-18(24)8-11-21(20)28-3/h4-13H,1-3H3,(H,25,27). The number of benzene rings is 3. The van der Waals surface area contributed by atoms with Gasteiger partial charge < -0.3 is 10.1 Å². The molecule has 3 aromatic carbocycles. The number of hydrogen-bond acceptors (Lipinski definition) is 3. The first-order valence-corrected chi connectivity index (χ1v) is 9.14. The second-order valence-corrected chi connectivity index (χ2v) is 6.94. The number of halogens is 1. The summed E-state index contributed by atoms with van der Waals surface area (Å²) in [4.78, 5) is 25.2. The molecule has 3 rings (SSSR count). The van der Waals surface area contributed by atoms with Crippen LogP contribution >= 0.6 is 11.6 Å². The van der Waals surface area contributed by atoms with Crippen molar-refractivity contribution in [2.75, 3.05) is 12.4 Å². The van der Waals surface area contributed by atoms with Crippen molar-refractivity contribution >= 4 is 29.0 Å². The molecular formula is C23H20ClNO3. The lowest BCUT2D eigenvalue weighted by Crippen LogP contribution is -2.13. The van der Waals surface area contributed by atoms with E-state index < -0.39 is 0 Å². The van der Waals surface area contributed by atoms with Crippen LogP contribution in [0.2, 0.25) is 5.02 Å². The van der Waals surface area contributed by atoms with Gasteiger partial charge in [-0.1, -0.05) is 23.7 Å². The van der Waals surface area contributed by atoms with Gasteiger partial charge in [-0.15, -0.1) is 0 Å². The molecule has 0 radical (unpaired) electrons. The summed E-state index contributed by atoms with van der Waals surface area (Å²) in [5, 5.41) is 3.24. The van der Waals surface area contributed by atoms with Gasteiger partial charge in [-0.05, 0) is 73.5 Å². The summed E-state index contributed by atoms with van der Waals surface area (Å²) >= 11 is 5.98. The number of nitrogens with one attached hydrogen (secondary N) is 1. The normalized spacial score (nSPS) is 10.4. The minimum absolute atomic E-state index is 0.0579. The van der Waals surface area contributed by atoms with E-state index >= 15 is 0 Å². The highest BCUT2D eigenvalue weighted by Gasteiger charge is 2.14. The fourth-order valence-electron chi connectivity index (χ4n) is 2.81. The van der Waals surface area contributed by atoms with E-state index in [1.807, 2.05) is 32.0 Å². The number of methoxy groups -OCH3 is 1. The van der Waals surface area contributed by atoms with Gasteiger partial charge >= 0.3 is 0 Å². The van der Waals surface area contributed by atoms with E-state index in [9.17, 15) is 9.59 Å². The van der Waals surface area contributed by atoms with Crippen molar-refractivity contribution in [3.05, 3.63) is 93.5 Å². The molecule has 0 heterocycles. The molecule has 4 nitrogen and oxygen atoms in total. The first-order chi connectivity index (χ1) is 13.4. The van der Waals surface area contributed by atoms with Crippen molar-refractivity contribution in [2.24, 2.45) is 0 Å². The number of carbonyl (C=O) groups excluding carboxylic acids is 2. The van der Waals surface area contributed by atoms with Crippen LogP contribution in [0.3, 0.4) is 0 Å². The summed E-state index contributed by atoms with van der Waals surface area (Å²) in [6.07, 6.45) is 0. The van der Waals surface area contributed by atoms with Crippen LogP contribution < -0.4 is 10.1 Å². The number of amides is 1. The molecule has 1 N–H and O–H groups in total. The Morgan fingerprint density at radius 2 is 1.54 bits per heavy atom. The lowest BCUT2D eigenvalue weighted by atomic mass is 9.99. The van der Waals surface area contributed by atoms with Gasteiger partial charge in [0, 0.05) is 21.8 Å². The number of anilines is 1. The van der Waals surface area contributed by atoms with Crippen molar-refractivity contribution in [3.63, 3.8) is 0 Å². The molecule has 0 atom stereocenters. The zero-order valence-corrected chi connectivity index (χ0v) is 16.6. The van der Waals surface area contributed by atoms with Crippen molar-refractivity contribution in [2.45, 2.75) is 13.8 Å². The van der Waals surface area contributed by atoms with Crippen LogP contribution in [-0.2, 0) is 0 Å². The van der Waals surface area contributed by atoms with Gasteiger partial charge in [-0.25, -0.2) is 0 Å². The highest BCUT2D eigenvalue weighted by molar-refractivity contribution is 6.31. The molecule has 0 aliphatic rings. The number of ketones is 1. The van der Waals surface area contributed by atoms with E-state index in [2.05, 4.69) is 5.32 Å². The summed E-state index contributed by atoms with van der Waals surface area (Å²) in [6.45, 7) is 3.99. The average Bonchev–Trinajstić information content (AvgIpc) is 2.70. The third-order valence-corrected chi connectivity index (χ3v) is 4.82. The predicted octanol–water partition coefficient (Wildman–Crippen LogP) is 5.45. The predicted molar refractivity (Wildman–Crippen MR) is 112 cm³/mol. The molecule has 0 aliphatic heterocycles. The Morgan fingerprint density at radius 3 is 2.18 bits per heavy atom. The van der Waals surface area contributed by atoms with E-state index in [0.29, 0.717) is 33.1 Å². The van der Waals surface area contributed by atoms with Crippen LogP contribution in [0.25, 0.3) is 0 Å². The van der Waals surface area contributed by atoms with Crippen molar-refractivity contribution in [1.29, 1.82) is 0 Å². The minimum atomic E-state index is -0.340. The van der Waals surface area contributed by atoms with E-state index in [-0.39, 0.29) is 11.7 Å². The van der Waals surface area contributed by atoms with Gasteiger partial charge in [0.1, 0.15) is 5.75 Å². The molecule has 0 aliphatic carbocycles. The minimum Gasteiger partial charge on any atom is -0.496 e. The topological polar surface area (TPSA) is 55.4 Å². The number of rotatable bonds is 5. The van der Waals surface area contributed by atoms with Crippen LogP contribution in [0.5, 0.6) is 5.75 Å². The first-order valence-electron chi connectivity index (χ1n) is 8.76. The summed E-state index contributed by atoms with van der Waals surface area (Å²) in [5.41, 5.74) is 4.33. The van der Waals surface area contributed by atoms with E-state index in [0.717, 1.165) is 11.1 Å². The lowest BCUT2D eigenvalue weighted by molar-refractivity contribution is 0.102. The van der Waals surface area contributed by atoms with Crippen LogP contribution in [0.1, 0.15) is 37.4 Å². The van der Waals surface area contributed by atoms with Gasteiger partial charge in [0.15, 0.2) is 5.78 Å². The van der Waals surface area contributed by atoms with Gasteiger partial charge in [-0.3, -0.25) is 9.59 Å². The van der Waals surface area contributed by atoms with Crippen molar-refractivity contribution < 1.29 is 14.3 Å². The Bertz CT molecular complexity index is 1040. The molecule has 1 amide bonds. The fourth-order valence-corrected chi connectivity index (χ4v) is 2.98. The van der Waals surface area contributed by atoms with Gasteiger partial charge in [0.25, 0.3) is 5.91 Å². The smallest absolute Gasteiger partial charge is 0.259 e. The molecule has 0 unspecified atom stereocenters. The van der Waals surface area contributed by atoms with E-state index in [4.69, 9.17) is 16.3 Å². The third kappa shape index (κ3) is 4.24. The van der Waals surface area contributed by atoms with E-state index in [1.165, 1.54) is 7.11 Å². The zero-order valence-electron chi connectivity index (χ0n) is 15.9. The molecule has 142 valence electrons. The van der Waals surface area contributed by atoms with Crippen LogP contribution in [0.15, 0.2) is 60.7 Å². The van der Waals surface area contributed by atoms with Gasteiger partial charge in [0.05, 0.1) is 12.7 Å². The summed E-state index contributed by atoms with van der Waals surface area (Å²) in [6, 6.07) is 17.3. The first kappa shape index (κ1) is 19.6. The molecule has 0 fully saturated rings. The number of aryl methyl sites for hydroxylation is 2. The maximum Gasteiger partial charge on any atom is 0.259 e. The second kappa shape index (κ2) is 8.28. The molecule has 3 aromatic rings. The largest absolute Gasteiger partial charge is 0.496 e. The number of hydrogen-bond donors (Lipinski definition) is 1. The maximum absolute atomic E-state index is 12.7. The molecule has 0 saturated heterocycles. The Hall–Kier alpha value is -3.11. The molecule has 28 heavy (non-hydrogen) atoms. The molecule has 0 aromatic heterocycles. The van der Waals surface area contributed by atoms with Crippen molar-refractivity contribution in [1.82, 2.24) is 0 Å². The van der Waals surface area contributed by atoms with Gasteiger partial charge in [0.2, 0.25) is 0 Å². The molecule has 0 spiro atoms. The fraction of sp³-hybridized carbons (Fsp3) is 0.130. The average molecular weight is 394 g/mol. The molecule has 0 saturated carbocycles. The summed E-state index contributed by atoms with van der Waals surface area (Å²) in [7, 11) is 1.49. The van der Waals surface area contributed by atoms with Crippen molar-refractivity contribution in [3.8, 4) is 5.75 Å². The Morgan fingerprint density at radius 1 is 0.857 bits per heavy atom. The zero-order chi connectivity index (χ0) is 20.3. The maximum atomic E-state index is 12.7. The third-order valence-electron chi connectivity index (χ3n) is 4.58. The highest BCUT2D eigenvalue weighted by atomic mass is 35.5. The second-order valence-electron chi connectivity index (χ2n) is 6.50. The van der Waals surface area contributed by atoms with E-state index in [1.54, 1.807) is 42.5 Å². The molecular weight excluding hydrogens is 374 g/mol. The lowest BCUT2D eigenvalue weighted by Gasteiger charge is -2.10. The number of carbonyl (C=O) groups is 2. The van der Waals surface area contributed by atoms with Crippen LogP contribution in [-0.4, -0.2) is 18.8 Å². The number of ether oxygens (including phenoxy) is 1. The molecule has 0 bridgehead atoms. The molecule has 5 heteroatoms. The monoisotopic (exact) mass is 393 g/mol. The highest BCUT2D eigenvalue weighted by Crippen LogP contribution is 2.24. The van der Waals surface area contributed by atoms with Crippen LogP contribution in [0, 0.1) is 13.8 Å². The summed E-state index contributed by atoms with van der Waals surface area (Å²) < 4.78 is 5.21. The SMILES string of the molecule is COc1ccc(Cl)cc1C(=O)Nc1ccc(C(=O)c2ccc(C)c(C)c2)cc1. The Labute approximate surface area is 169 Å². The quantitative estimate of drug-likeness (QED) is 0.586. The Kier molecular flexibility index (Phi) is 5.81. The van der Waals surface area contributed by atoms with Crippen LogP contribution in [0.4, 0.5) is 5.69 Å². The summed E-state index contributed by atoms with van der Waals surface area (Å²) in [5.74, 6) is 0.0357. The van der Waals surface area contributed by atoms with Gasteiger partial charge in [-0.2, -0.15) is 0 Å². The Balaban J connectivity index is 1.77.